The van der Waals surface area contributed by atoms with Crippen LogP contribution in [-0.4, -0.2) is 129 Å². The Labute approximate surface area is 576 Å². The van der Waals surface area contributed by atoms with E-state index < -0.39 is 65.0 Å². The van der Waals surface area contributed by atoms with Crippen molar-refractivity contribution in [2.45, 2.75) is 152 Å². The average molecular weight is 1340 g/mol. The van der Waals surface area contributed by atoms with Crippen molar-refractivity contribution < 1.29 is 50.0 Å². The molecule has 96 heavy (non-hydrogen) atoms. The van der Waals surface area contributed by atoms with Crippen LogP contribution in [0.1, 0.15) is 129 Å². The number of nitrogens with two attached hydrogens (primary N) is 1. The molecule has 0 amide bonds. The van der Waals surface area contributed by atoms with Gasteiger partial charge in [0.2, 0.25) is 0 Å². The second kappa shape index (κ2) is 29.5. The molecule has 2 saturated carbocycles. The molecule has 1 saturated heterocycles. The van der Waals surface area contributed by atoms with Crippen molar-refractivity contribution in [3.8, 4) is 23.3 Å². The molecule has 15 heteroatoms. The lowest BCUT2D eigenvalue weighted by Crippen LogP contribution is -2.66. The molecular formula is C81H103N3O10S2. The summed E-state index contributed by atoms with van der Waals surface area (Å²) in [5, 5.41) is 90.0. The predicted molar refractivity (Wildman–Crippen MR) is 381 cm³/mol. The molecule has 0 radical (unpaired) electrons. The van der Waals surface area contributed by atoms with Gasteiger partial charge in [-0.05, 0) is 195 Å². The molecule has 3 heterocycles. The summed E-state index contributed by atoms with van der Waals surface area (Å²) in [5.41, 5.74) is 16.9. The molecule has 10 aliphatic rings. The number of aromatic hydroxyl groups is 1. The second-order valence-electron chi connectivity index (χ2n) is 30.2. The fourth-order valence-electron chi connectivity index (χ4n) is 21.3. The van der Waals surface area contributed by atoms with Crippen molar-refractivity contribution in [2.75, 3.05) is 58.2 Å². The molecule has 4 aromatic rings. The Morgan fingerprint density at radius 2 is 1.64 bits per heavy atom. The number of phenols is 1. The van der Waals surface area contributed by atoms with E-state index in [1.165, 1.54) is 53.5 Å². The van der Waals surface area contributed by atoms with E-state index in [2.05, 4.69) is 120 Å². The highest BCUT2D eigenvalue weighted by Crippen LogP contribution is 2.73. The van der Waals surface area contributed by atoms with Crippen LogP contribution >= 0.6 is 21.6 Å². The van der Waals surface area contributed by atoms with Gasteiger partial charge >= 0.3 is 0 Å². The minimum atomic E-state index is -1.10. The number of hydrogen-bond acceptors (Lipinski definition) is 14. The topological polar surface area (TPSA) is 223 Å². The van der Waals surface area contributed by atoms with Crippen LogP contribution in [0.15, 0.2) is 144 Å². The summed E-state index contributed by atoms with van der Waals surface area (Å²) in [6.45, 7) is 2.87. The summed E-state index contributed by atoms with van der Waals surface area (Å²) in [5.74, 6) is 9.10. The molecular weight excluding hydrogens is 1240 g/mol. The summed E-state index contributed by atoms with van der Waals surface area (Å²) in [6.07, 6.45) is 22.4. The number of fused-ring (bicyclic) bond motifs is 9. The lowest BCUT2D eigenvalue weighted by Gasteiger charge is -2.68. The Morgan fingerprint density at radius 3 is 2.42 bits per heavy atom. The highest BCUT2D eigenvalue weighted by atomic mass is 33.1. The van der Waals surface area contributed by atoms with Gasteiger partial charge in [-0.25, -0.2) is 0 Å². The standard InChI is InChI=1S/C81H103N3O10S2/c1-3-48-33-55-38-70(89)73(94-74-39-56(34-58-19-11-28-83-58)60-26-29-84-79(82)66(60)47-96-95-46-57(44-86)78(74)91)41-62(55)63-40-71(90)76-53(36-61(48)63)25-27-80-43-65(49-13-5-4-6-14-49)68-37-52-17-8-7-16-51(52)35-64-59-20-10-9-15-50(59)21-22-67(64)81(68,75(80)45-87)42-54(18-12-31-92-2)77(80)69(88)23-24-72(76)93-32-30-85/h4-8,11,13-14,16-17,19,21-22,26,28,36,38,41-42,48,50,53,56-57,59,63-65,67-69,71-72,74-78,83-91H,3,9-10,12,15,18,20,23-24,29-35,37,39-40,43-47,82H2,1-2H3/t48-,50-,53-,56+,57+,59-,63-,64-,65-,67-,68-,69-,71-,72+,74-,75-,76-,77+,78-,80+,81+/m1/s1. The molecule has 514 valence electrons. The number of nitrogens with one attached hydrogen (secondary N) is 2. The van der Waals surface area contributed by atoms with E-state index in [1.54, 1.807) is 28.7 Å². The van der Waals surface area contributed by atoms with Crippen molar-refractivity contribution in [2.24, 2.45) is 87.6 Å². The van der Waals surface area contributed by atoms with Gasteiger partial charge in [-0.3, -0.25) is 0 Å². The van der Waals surface area contributed by atoms with Crippen LogP contribution in [-0.2, 0) is 35.2 Å². The zero-order valence-electron chi connectivity index (χ0n) is 56.2. The lowest BCUT2D eigenvalue weighted by atomic mass is 9.35. The molecule has 11 N–H and O–H groups in total. The first kappa shape index (κ1) is 67.9. The van der Waals surface area contributed by atoms with E-state index in [4.69, 9.17) is 19.9 Å². The molecule has 1 aromatic heterocycles. The number of dihydropyridines is 1. The third-order valence-electron chi connectivity index (χ3n) is 25.5. The van der Waals surface area contributed by atoms with E-state index in [-0.39, 0.29) is 79.4 Å². The summed E-state index contributed by atoms with van der Waals surface area (Å²) >= 11 is 0. The van der Waals surface area contributed by atoms with Gasteiger partial charge < -0.3 is 66.0 Å². The second-order valence-corrected chi connectivity index (χ2v) is 32.7. The number of phenolic OH excluding ortho intramolecular Hbond substituents is 1. The number of H-pyrrole nitrogens is 1. The Kier molecular flexibility index (Phi) is 20.9. The van der Waals surface area contributed by atoms with Gasteiger partial charge in [0.15, 0.2) is 11.5 Å². The van der Waals surface area contributed by atoms with Crippen molar-refractivity contribution in [1.29, 1.82) is 0 Å². The Bertz CT molecular complexity index is 3600. The van der Waals surface area contributed by atoms with Crippen LogP contribution in [0.2, 0.25) is 0 Å². The van der Waals surface area contributed by atoms with Crippen molar-refractivity contribution in [3.05, 3.63) is 177 Å². The fraction of sp³-hybridized carbons (Fsp3) is 0.580. The first-order chi connectivity index (χ1) is 46.9. The van der Waals surface area contributed by atoms with E-state index >= 15 is 0 Å². The van der Waals surface area contributed by atoms with Crippen LogP contribution in [0, 0.1) is 93.7 Å². The van der Waals surface area contributed by atoms with Crippen LogP contribution in [0.3, 0.4) is 0 Å². The lowest BCUT2D eigenvalue weighted by molar-refractivity contribution is -0.148. The van der Waals surface area contributed by atoms with E-state index in [0.717, 1.165) is 60.1 Å². The molecule has 8 aliphatic carbocycles. The maximum atomic E-state index is 13.7. The number of rotatable bonds is 15. The summed E-state index contributed by atoms with van der Waals surface area (Å²) < 4.78 is 19.8. The summed E-state index contributed by atoms with van der Waals surface area (Å²) in [6, 6.07) is 28.2. The third kappa shape index (κ3) is 12.7. The first-order valence-electron chi connectivity index (χ1n) is 36.4. The number of aromatic amines is 1. The van der Waals surface area contributed by atoms with Gasteiger partial charge in [0.05, 0.1) is 37.6 Å². The Balaban J connectivity index is 0.922. The number of benzene rings is 3. The highest BCUT2D eigenvalue weighted by molar-refractivity contribution is 8.76. The summed E-state index contributed by atoms with van der Waals surface area (Å²) in [7, 11) is 5.03. The van der Waals surface area contributed by atoms with Gasteiger partial charge in [-0.15, -0.1) is 0 Å². The quantitative estimate of drug-likeness (QED) is 0.0232. The first-order valence-corrected chi connectivity index (χ1v) is 38.9. The molecule has 13 nitrogen and oxygen atoms in total. The van der Waals surface area contributed by atoms with E-state index in [9.17, 15) is 35.7 Å². The van der Waals surface area contributed by atoms with Gasteiger partial charge in [0, 0.05) is 109 Å². The molecule has 2 spiro atoms. The number of aliphatic hydroxyl groups excluding tert-OH is 6. The minimum absolute atomic E-state index is 0.0158. The molecule has 0 unspecified atom stereocenters. The molecule has 21 atom stereocenters. The van der Waals surface area contributed by atoms with E-state index in [1.807, 2.05) is 24.4 Å². The van der Waals surface area contributed by atoms with Crippen LogP contribution < -0.4 is 15.8 Å². The zero-order chi connectivity index (χ0) is 66.2. The minimum Gasteiger partial charge on any atom is -0.504 e. The monoisotopic (exact) mass is 1340 g/mol. The average Bonchev–Trinajstić information content (AvgIpc) is 0.698. The third-order valence-corrected chi connectivity index (χ3v) is 27.9. The van der Waals surface area contributed by atoms with Gasteiger partial charge in [-0.1, -0.05) is 149 Å². The fourth-order valence-corrected chi connectivity index (χ4v) is 23.8. The number of ether oxygens (including phenoxy) is 3. The highest BCUT2D eigenvalue weighted by Gasteiger charge is 2.69. The molecule has 2 aliphatic heterocycles. The van der Waals surface area contributed by atoms with Crippen molar-refractivity contribution in [1.82, 2.24) is 10.3 Å². The number of hydrogen-bond donors (Lipinski definition) is 10. The number of allylic oxidation sites excluding steroid dienone is 6. The zero-order valence-corrected chi connectivity index (χ0v) is 57.8. The maximum absolute atomic E-state index is 13.7. The molecule has 3 aromatic carbocycles. The van der Waals surface area contributed by atoms with Crippen LogP contribution in [0.25, 0.3) is 0 Å². The van der Waals surface area contributed by atoms with Crippen LogP contribution in [0.5, 0.6) is 11.5 Å². The SMILES string of the molecule is CC[C@@H]1Cc2cc(O)c(O[C@@H]3C[C@H](Cc4ccc[nH]4)C4=CCNC(N)=C4CSSC[C@H](CO)[C@H]3O)cc2[C@@H]2C[C@@H](O)[C@H]3[C@H](C#C[C@@]45C[C@H](c6ccccc6)[C@H]6Cc7ccccc7C[C@@H]7[C@@H]8CCCC[C@@H]8C=C[C@H]7[C@]6(C=C(CCCOC)[C@H]4[C@H](O)CC[C@@H]3OCCO)[C@@H]5CO)C=C12. The molecule has 2 bridgehead atoms. The largest absolute Gasteiger partial charge is 0.504 e. The van der Waals surface area contributed by atoms with E-state index in [0.29, 0.717) is 93.2 Å². The van der Waals surface area contributed by atoms with Crippen molar-refractivity contribution in [3.63, 3.8) is 0 Å². The van der Waals surface area contributed by atoms with Crippen LogP contribution in [0.4, 0.5) is 0 Å². The summed E-state index contributed by atoms with van der Waals surface area (Å²) in [4.78, 5) is 3.41. The van der Waals surface area contributed by atoms with Gasteiger partial charge in [0.1, 0.15) is 11.9 Å². The smallest absolute Gasteiger partial charge is 0.161 e. The maximum Gasteiger partial charge on any atom is 0.161 e. The van der Waals surface area contributed by atoms with Gasteiger partial charge in [0.25, 0.3) is 0 Å². The number of aromatic nitrogens is 1. The van der Waals surface area contributed by atoms with Crippen molar-refractivity contribution >= 4 is 21.6 Å². The van der Waals surface area contributed by atoms with Gasteiger partial charge in [-0.2, -0.15) is 0 Å². The predicted octanol–water partition coefficient (Wildman–Crippen LogP) is 11.7. The number of methoxy groups -OCH3 is 1. The molecule has 3 fully saturated rings. The normalized spacial score (nSPS) is 37.2. The Morgan fingerprint density at radius 1 is 0.812 bits per heavy atom. The molecule has 14 rings (SSSR count). The number of aliphatic hydroxyl groups is 6. The Hall–Kier alpha value is -5.22.